The number of carbonyl (C=O) groups is 1. The molecule has 2 saturated heterocycles. The average Bonchev–Trinajstić information content (AvgIpc) is 3.24. The lowest BCUT2D eigenvalue weighted by molar-refractivity contribution is -0.135. The van der Waals surface area contributed by atoms with Gasteiger partial charge < -0.3 is 15.1 Å². The third-order valence-electron chi connectivity index (χ3n) is 5.54. The summed E-state index contributed by atoms with van der Waals surface area (Å²) in [5.74, 6) is 1.16. The fourth-order valence-electron chi connectivity index (χ4n) is 3.83. The van der Waals surface area contributed by atoms with Crippen LogP contribution in [0.5, 0.6) is 0 Å². The highest BCUT2D eigenvalue weighted by Gasteiger charge is 2.30. The van der Waals surface area contributed by atoms with Gasteiger partial charge in [-0.05, 0) is 31.4 Å². The second-order valence-corrected chi connectivity index (χ2v) is 7.63. The lowest BCUT2D eigenvalue weighted by Crippen LogP contribution is -2.57. The molecule has 0 aliphatic carbocycles. The minimum absolute atomic E-state index is 0.0386. The molecule has 0 aromatic heterocycles. The van der Waals surface area contributed by atoms with Gasteiger partial charge in [0.25, 0.3) is 0 Å². The molecule has 0 bridgehead atoms. The van der Waals surface area contributed by atoms with E-state index in [9.17, 15) is 4.79 Å². The Labute approximate surface area is 167 Å². The molecule has 1 aromatic carbocycles. The van der Waals surface area contributed by atoms with Gasteiger partial charge in [0.1, 0.15) is 0 Å². The first kappa shape index (κ1) is 20.0. The van der Waals surface area contributed by atoms with E-state index < -0.39 is 0 Å². The van der Waals surface area contributed by atoms with E-state index in [4.69, 9.17) is 11.6 Å². The minimum atomic E-state index is -0.0386. The summed E-state index contributed by atoms with van der Waals surface area (Å²) in [5, 5.41) is 4.17. The third kappa shape index (κ3) is 4.93. The maximum atomic E-state index is 12.6. The standard InChI is InChI=1S/C20H30ClN5O/c1-16(19(27)25-9-5-6-10-25)24-11-13-26(14-12-24)20(22-2)23-15-17-7-3-4-8-18(17)21/h3-4,7-8,16H,5-6,9-15H2,1-2H3,(H,22,23). The molecule has 2 aliphatic rings. The minimum Gasteiger partial charge on any atom is -0.352 e. The Kier molecular flexibility index (Phi) is 6.96. The van der Waals surface area contributed by atoms with Crippen molar-refractivity contribution in [2.45, 2.75) is 32.4 Å². The van der Waals surface area contributed by atoms with Gasteiger partial charge in [-0.3, -0.25) is 14.7 Å². The van der Waals surface area contributed by atoms with Crippen molar-refractivity contribution in [1.82, 2.24) is 20.0 Å². The predicted molar refractivity (Wildman–Crippen MR) is 110 cm³/mol. The van der Waals surface area contributed by atoms with Crippen molar-refractivity contribution in [3.63, 3.8) is 0 Å². The molecule has 0 radical (unpaired) electrons. The van der Waals surface area contributed by atoms with E-state index in [1.165, 1.54) is 0 Å². The van der Waals surface area contributed by atoms with Crippen LogP contribution in [0.1, 0.15) is 25.3 Å². The van der Waals surface area contributed by atoms with Gasteiger partial charge in [0.2, 0.25) is 5.91 Å². The van der Waals surface area contributed by atoms with Crippen LogP contribution in [0.3, 0.4) is 0 Å². The highest BCUT2D eigenvalue weighted by molar-refractivity contribution is 6.31. The number of aliphatic imine (C=N–C) groups is 1. The van der Waals surface area contributed by atoms with Crippen LogP contribution >= 0.6 is 11.6 Å². The predicted octanol–water partition coefficient (Wildman–Crippen LogP) is 2.04. The number of nitrogens with one attached hydrogen (secondary N) is 1. The van der Waals surface area contributed by atoms with E-state index in [1.807, 2.05) is 36.1 Å². The van der Waals surface area contributed by atoms with Gasteiger partial charge in [0, 0.05) is 57.9 Å². The number of halogens is 1. The number of benzene rings is 1. The summed E-state index contributed by atoms with van der Waals surface area (Å²) >= 11 is 6.24. The fraction of sp³-hybridized carbons (Fsp3) is 0.600. The number of hydrogen-bond acceptors (Lipinski definition) is 3. The molecule has 1 N–H and O–H groups in total. The van der Waals surface area contributed by atoms with Crippen LogP contribution in [0.15, 0.2) is 29.3 Å². The van der Waals surface area contributed by atoms with Gasteiger partial charge in [-0.1, -0.05) is 29.8 Å². The monoisotopic (exact) mass is 391 g/mol. The molecule has 27 heavy (non-hydrogen) atoms. The number of nitrogens with zero attached hydrogens (tertiary/aromatic N) is 4. The molecule has 148 valence electrons. The van der Waals surface area contributed by atoms with Gasteiger partial charge in [-0.25, -0.2) is 0 Å². The molecule has 0 saturated carbocycles. The summed E-state index contributed by atoms with van der Waals surface area (Å²) < 4.78 is 0. The third-order valence-corrected chi connectivity index (χ3v) is 5.91. The Hall–Kier alpha value is -1.79. The largest absolute Gasteiger partial charge is 0.352 e. The maximum Gasteiger partial charge on any atom is 0.239 e. The molecule has 2 heterocycles. The van der Waals surface area contributed by atoms with Crippen LogP contribution in [-0.4, -0.2) is 78.9 Å². The van der Waals surface area contributed by atoms with Crippen molar-refractivity contribution < 1.29 is 4.79 Å². The molecule has 1 aromatic rings. The van der Waals surface area contributed by atoms with Crippen molar-refractivity contribution in [1.29, 1.82) is 0 Å². The number of guanidine groups is 1. The van der Waals surface area contributed by atoms with E-state index >= 15 is 0 Å². The molecule has 3 rings (SSSR count). The van der Waals surface area contributed by atoms with E-state index in [2.05, 4.69) is 20.1 Å². The van der Waals surface area contributed by atoms with Crippen molar-refractivity contribution in [2.75, 3.05) is 46.3 Å². The maximum absolute atomic E-state index is 12.6. The number of carbonyl (C=O) groups excluding carboxylic acids is 1. The van der Waals surface area contributed by atoms with Gasteiger partial charge in [-0.15, -0.1) is 0 Å². The summed E-state index contributed by atoms with van der Waals surface area (Å²) in [7, 11) is 1.81. The number of likely N-dealkylation sites (tertiary alicyclic amines) is 1. The molecule has 2 fully saturated rings. The Morgan fingerprint density at radius 1 is 1.11 bits per heavy atom. The van der Waals surface area contributed by atoms with Crippen molar-refractivity contribution in [2.24, 2.45) is 4.99 Å². The van der Waals surface area contributed by atoms with Crippen molar-refractivity contribution >= 4 is 23.5 Å². The molecule has 2 aliphatic heterocycles. The zero-order valence-electron chi connectivity index (χ0n) is 16.3. The Balaban J connectivity index is 1.49. The van der Waals surface area contributed by atoms with E-state index in [0.717, 1.165) is 68.7 Å². The van der Waals surface area contributed by atoms with Crippen LogP contribution in [-0.2, 0) is 11.3 Å². The SMILES string of the molecule is CN=C(NCc1ccccc1Cl)N1CCN(C(C)C(=O)N2CCCC2)CC1. The summed E-state index contributed by atoms with van der Waals surface area (Å²) in [6.45, 7) is 7.99. The Morgan fingerprint density at radius 2 is 1.78 bits per heavy atom. The first-order valence-electron chi connectivity index (χ1n) is 9.82. The van der Waals surface area contributed by atoms with Gasteiger partial charge >= 0.3 is 0 Å². The summed E-state index contributed by atoms with van der Waals surface area (Å²) in [5.41, 5.74) is 1.06. The molecule has 7 heteroatoms. The highest BCUT2D eigenvalue weighted by Crippen LogP contribution is 2.16. The van der Waals surface area contributed by atoms with Crippen LogP contribution in [0, 0.1) is 0 Å². The lowest BCUT2D eigenvalue weighted by Gasteiger charge is -2.39. The molecule has 1 unspecified atom stereocenters. The van der Waals surface area contributed by atoms with Crippen molar-refractivity contribution in [3.8, 4) is 0 Å². The number of hydrogen-bond donors (Lipinski definition) is 1. The first-order chi connectivity index (χ1) is 13.1. The van der Waals surface area contributed by atoms with Gasteiger partial charge in [-0.2, -0.15) is 0 Å². The Bertz CT molecular complexity index is 666. The number of rotatable bonds is 4. The Morgan fingerprint density at radius 3 is 2.41 bits per heavy atom. The zero-order chi connectivity index (χ0) is 19.2. The van der Waals surface area contributed by atoms with Gasteiger partial charge in [0.05, 0.1) is 6.04 Å². The number of amides is 1. The molecular formula is C20H30ClN5O. The summed E-state index contributed by atoms with van der Waals surface area (Å²) in [6.07, 6.45) is 2.28. The average molecular weight is 392 g/mol. The molecule has 1 atom stereocenters. The second kappa shape index (κ2) is 9.42. The normalized spacial score (nSPS) is 20.0. The van der Waals surface area contributed by atoms with Crippen LogP contribution < -0.4 is 5.32 Å². The summed E-state index contributed by atoms with van der Waals surface area (Å²) in [6, 6.07) is 7.81. The topological polar surface area (TPSA) is 51.2 Å². The lowest BCUT2D eigenvalue weighted by atomic mass is 10.2. The molecular weight excluding hydrogens is 362 g/mol. The molecule has 1 amide bonds. The van der Waals surface area contributed by atoms with Crippen LogP contribution in [0.4, 0.5) is 0 Å². The highest BCUT2D eigenvalue weighted by atomic mass is 35.5. The molecule has 6 nitrogen and oxygen atoms in total. The van der Waals surface area contributed by atoms with E-state index in [1.54, 1.807) is 7.05 Å². The van der Waals surface area contributed by atoms with Crippen LogP contribution in [0.2, 0.25) is 5.02 Å². The van der Waals surface area contributed by atoms with E-state index in [-0.39, 0.29) is 11.9 Å². The van der Waals surface area contributed by atoms with Gasteiger partial charge in [0.15, 0.2) is 5.96 Å². The van der Waals surface area contributed by atoms with Crippen LogP contribution in [0.25, 0.3) is 0 Å². The second-order valence-electron chi connectivity index (χ2n) is 7.22. The quantitative estimate of drug-likeness (QED) is 0.630. The van der Waals surface area contributed by atoms with Crippen molar-refractivity contribution in [3.05, 3.63) is 34.9 Å². The smallest absolute Gasteiger partial charge is 0.239 e. The summed E-state index contributed by atoms with van der Waals surface area (Å²) in [4.78, 5) is 23.6. The molecule has 0 spiro atoms. The fourth-order valence-corrected chi connectivity index (χ4v) is 4.03. The van der Waals surface area contributed by atoms with E-state index in [0.29, 0.717) is 6.54 Å². The zero-order valence-corrected chi connectivity index (χ0v) is 17.1. The number of piperazine rings is 1. The first-order valence-corrected chi connectivity index (χ1v) is 10.2.